The number of nitrogens with one attached hydrogen (secondary N) is 1. The fraction of sp³-hybridized carbons (Fsp3) is 0.296. The quantitative estimate of drug-likeness (QED) is 0.258. The summed E-state index contributed by atoms with van der Waals surface area (Å²) in [6, 6.07) is 10.3. The second-order valence-corrected chi connectivity index (χ2v) is 15.0. The second-order valence-electron chi connectivity index (χ2n) is 10.1. The Labute approximate surface area is 235 Å². The molecule has 1 N–H and O–H groups in total. The fourth-order valence-corrected chi connectivity index (χ4v) is 7.40. The molecule has 1 aliphatic heterocycles. The Morgan fingerprint density at radius 1 is 1.10 bits per heavy atom. The van der Waals surface area contributed by atoms with Crippen LogP contribution in [0.1, 0.15) is 23.2 Å². The number of halogens is 1. The summed E-state index contributed by atoms with van der Waals surface area (Å²) in [5.74, 6) is 1.49. The van der Waals surface area contributed by atoms with Crippen LogP contribution in [0.25, 0.3) is 22.0 Å². The van der Waals surface area contributed by atoms with Gasteiger partial charge in [-0.15, -0.1) is 0 Å². The van der Waals surface area contributed by atoms with Crippen LogP contribution in [0.4, 0.5) is 5.82 Å². The van der Waals surface area contributed by atoms with Crippen LogP contribution in [0.5, 0.6) is 0 Å². The molecular weight excluding hydrogens is 582 g/mol. The molecule has 0 aliphatic carbocycles. The minimum atomic E-state index is -1.20. The average molecular weight is 611 g/mol. The van der Waals surface area contributed by atoms with Gasteiger partial charge in [-0.1, -0.05) is 12.1 Å². The molecule has 10 nitrogen and oxygen atoms in total. The van der Waals surface area contributed by atoms with Crippen LogP contribution in [0.15, 0.2) is 53.4 Å². The number of Topliss-reactive ketones (excluding diaryl/α,β-unsaturated/α-hetero) is 1. The summed E-state index contributed by atoms with van der Waals surface area (Å²) >= 11 is 3.32. The van der Waals surface area contributed by atoms with Gasteiger partial charge in [-0.25, -0.2) is 25.0 Å². The van der Waals surface area contributed by atoms with E-state index in [1.54, 1.807) is 40.2 Å². The van der Waals surface area contributed by atoms with Gasteiger partial charge in [0.05, 0.1) is 11.4 Å². The molecule has 1 fully saturated rings. The Balaban J connectivity index is 1.43. The van der Waals surface area contributed by atoms with Gasteiger partial charge in [0.25, 0.3) is 0 Å². The molecule has 0 radical (unpaired) electrons. The molecule has 2 amide bonds. The Bertz CT molecular complexity index is 1600. The molecule has 12 heteroatoms. The maximum Gasteiger partial charge on any atom is 0.249 e. The highest BCUT2D eigenvalue weighted by Gasteiger charge is 2.41. The zero-order chi connectivity index (χ0) is 27.9. The van der Waals surface area contributed by atoms with Crippen molar-refractivity contribution < 1.29 is 14.4 Å². The van der Waals surface area contributed by atoms with E-state index in [0.717, 1.165) is 11.1 Å². The Morgan fingerprint density at radius 3 is 2.54 bits per heavy atom. The molecular formula is C27H28BrN7O3S. The molecule has 1 atom stereocenters. The first-order valence-corrected chi connectivity index (χ1v) is 15.8. The summed E-state index contributed by atoms with van der Waals surface area (Å²) in [6.07, 6.45) is 7.70. The van der Waals surface area contributed by atoms with Crippen LogP contribution in [-0.4, -0.2) is 77.4 Å². The number of hydrogen-bond donors (Lipinski definition) is 1. The van der Waals surface area contributed by atoms with Gasteiger partial charge < -0.3 is 10.2 Å². The number of benzene rings is 1. The van der Waals surface area contributed by atoms with Crippen molar-refractivity contribution >= 4 is 60.3 Å². The number of anilines is 1. The first-order chi connectivity index (χ1) is 18.5. The number of fused-ring (bicyclic) bond motifs is 1. The molecule has 0 spiro atoms. The third kappa shape index (κ3) is 5.71. The first kappa shape index (κ1) is 26.9. The summed E-state index contributed by atoms with van der Waals surface area (Å²) in [5.41, 5.74) is 2.61. The predicted octanol–water partition coefficient (Wildman–Crippen LogP) is 4.03. The van der Waals surface area contributed by atoms with Gasteiger partial charge in [0, 0.05) is 36.0 Å². The lowest BCUT2D eigenvalue weighted by molar-refractivity contribution is -0.136. The van der Waals surface area contributed by atoms with Crippen LogP contribution in [-0.2, 0) is 16.1 Å². The standard InChI is InChI=1S/C27H28BrN7O3S/c1-16(36)26-20-10-18(19-11-29-17(2)30-12-19)8-9-21(20)35(33-26)13-25(37)34-15-39(3,4)14-22(34)27(38)32-24-7-5-6-23(28)31-24/h5-12,22H,13-15H2,1-4H3,(H,31,32,38)/t22-/m0/s1. The smallest absolute Gasteiger partial charge is 0.249 e. The van der Waals surface area contributed by atoms with E-state index in [1.807, 2.05) is 25.1 Å². The topological polar surface area (TPSA) is 123 Å². The molecule has 5 rings (SSSR count). The molecule has 4 heterocycles. The Kier molecular flexibility index (Phi) is 7.25. The van der Waals surface area contributed by atoms with Crippen molar-refractivity contribution in [3.05, 3.63) is 64.9 Å². The number of rotatable bonds is 6. The van der Waals surface area contributed by atoms with E-state index in [-0.39, 0.29) is 29.8 Å². The van der Waals surface area contributed by atoms with Gasteiger partial charge in [-0.2, -0.15) is 5.10 Å². The van der Waals surface area contributed by atoms with E-state index in [4.69, 9.17) is 0 Å². The zero-order valence-electron chi connectivity index (χ0n) is 22.0. The molecule has 1 saturated heterocycles. The predicted molar refractivity (Wildman–Crippen MR) is 156 cm³/mol. The van der Waals surface area contributed by atoms with Crippen LogP contribution in [0, 0.1) is 6.92 Å². The van der Waals surface area contributed by atoms with Crippen LogP contribution >= 0.6 is 26.0 Å². The van der Waals surface area contributed by atoms with Crippen molar-refractivity contribution in [2.24, 2.45) is 0 Å². The van der Waals surface area contributed by atoms with Gasteiger partial charge >= 0.3 is 0 Å². The fourth-order valence-electron chi connectivity index (χ4n) is 4.69. The average Bonchev–Trinajstić information content (AvgIpc) is 3.41. The monoisotopic (exact) mass is 609 g/mol. The molecule has 1 aromatic carbocycles. The summed E-state index contributed by atoms with van der Waals surface area (Å²) in [4.78, 5) is 53.8. The SMILES string of the molecule is CC(=O)c1nn(CC(=O)N2CS(C)(C)C[C@H]2C(=O)Nc2cccc(Br)n2)c2ccc(-c3cnc(C)nc3)cc12. The minimum absolute atomic E-state index is 0.0921. The number of ketones is 1. The molecule has 202 valence electrons. The highest BCUT2D eigenvalue weighted by atomic mass is 79.9. The van der Waals surface area contributed by atoms with Gasteiger partial charge in [-0.3, -0.25) is 19.1 Å². The van der Waals surface area contributed by atoms with E-state index in [0.29, 0.717) is 38.8 Å². The van der Waals surface area contributed by atoms with Gasteiger partial charge in [0.2, 0.25) is 11.8 Å². The number of aromatic nitrogens is 5. The molecule has 4 aromatic rings. The van der Waals surface area contributed by atoms with Crippen molar-refractivity contribution in [3.8, 4) is 11.1 Å². The molecule has 39 heavy (non-hydrogen) atoms. The summed E-state index contributed by atoms with van der Waals surface area (Å²) in [6.45, 7) is 3.18. The summed E-state index contributed by atoms with van der Waals surface area (Å²) < 4.78 is 2.16. The number of aryl methyl sites for hydroxylation is 1. The van der Waals surface area contributed by atoms with Crippen LogP contribution < -0.4 is 5.32 Å². The summed E-state index contributed by atoms with van der Waals surface area (Å²) in [5, 5.41) is 8.01. The van der Waals surface area contributed by atoms with Crippen molar-refractivity contribution in [2.75, 3.05) is 29.5 Å². The van der Waals surface area contributed by atoms with Gasteiger partial charge in [-0.05, 0) is 65.2 Å². The van der Waals surface area contributed by atoms with E-state index >= 15 is 0 Å². The number of amides is 2. The highest BCUT2D eigenvalue weighted by Crippen LogP contribution is 2.47. The number of hydrogen-bond acceptors (Lipinski definition) is 7. The maximum absolute atomic E-state index is 13.6. The van der Waals surface area contributed by atoms with E-state index in [1.165, 1.54) is 6.92 Å². The third-order valence-electron chi connectivity index (χ3n) is 6.55. The number of nitrogens with zero attached hydrogens (tertiary/aromatic N) is 6. The van der Waals surface area contributed by atoms with Crippen LogP contribution in [0.2, 0.25) is 0 Å². The van der Waals surface area contributed by atoms with E-state index < -0.39 is 16.1 Å². The molecule has 0 bridgehead atoms. The van der Waals surface area contributed by atoms with Gasteiger partial charge in [0.1, 0.15) is 34.5 Å². The largest absolute Gasteiger partial charge is 0.320 e. The normalized spacial score (nSPS) is 17.3. The Morgan fingerprint density at radius 2 is 1.85 bits per heavy atom. The molecule has 3 aromatic heterocycles. The molecule has 0 saturated carbocycles. The lowest BCUT2D eigenvalue weighted by atomic mass is 10.0. The van der Waals surface area contributed by atoms with Crippen molar-refractivity contribution in [1.29, 1.82) is 0 Å². The number of carbonyl (C=O) groups is 3. The maximum atomic E-state index is 13.6. The van der Waals surface area contributed by atoms with E-state index in [2.05, 4.69) is 53.8 Å². The minimum Gasteiger partial charge on any atom is -0.320 e. The lowest BCUT2D eigenvalue weighted by Gasteiger charge is -2.25. The van der Waals surface area contributed by atoms with E-state index in [9.17, 15) is 14.4 Å². The zero-order valence-corrected chi connectivity index (χ0v) is 24.4. The highest BCUT2D eigenvalue weighted by molar-refractivity contribution is 9.10. The third-order valence-corrected chi connectivity index (χ3v) is 9.18. The second kappa shape index (κ2) is 10.5. The lowest BCUT2D eigenvalue weighted by Crippen LogP contribution is -2.45. The van der Waals surface area contributed by atoms with Crippen molar-refractivity contribution in [1.82, 2.24) is 29.6 Å². The molecule has 0 unspecified atom stereocenters. The first-order valence-electron chi connectivity index (χ1n) is 12.2. The van der Waals surface area contributed by atoms with Gasteiger partial charge in [0.15, 0.2) is 5.78 Å². The molecule has 1 aliphatic rings. The summed E-state index contributed by atoms with van der Waals surface area (Å²) in [7, 11) is -1.20. The van der Waals surface area contributed by atoms with Crippen molar-refractivity contribution in [2.45, 2.75) is 26.4 Å². The van der Waals surface area contributed by atoms with Crippen molar-refractivity contribution in [3.63, 3.8) is 0 Å². The van der Waals surface area contributed by atoms with Crippen LogP contribution in [0.3, 0.4) is 0 Å². The number of carbonyl (C=O) groups excluding carboxylic acids is 3. The Hall–Kier alpha value is -3.64. The number of pyridine rings is 1.